The van der Waals surface area contributed by atoms with Gasteiger partial charge in [-0.3, -0.25) is 14.6 Å². The fourth-order valence-corrected chi connectivity index (χ4v) is 4.18. The number of aliphatic hydroxyl groups excluding tert-OH is 1. The van der Waals surface area contributed by atoms with E-state index < -0.39 is 6.10 Å². The van der Waals surface area contributed by atoms with E-state index in [0.29, 0.717) is 45.0 Å². The molecule has 184 valence electrons. The molecule has 0 aromatic heterocycles. The van der Waals surface area contributed by atoms with E-state index in [0.717, 1.165) is 45.0 Å². The molecular weight excluding hydrogens is 422 g/mol. The van der Waals surface area contributed by atoms with Crippen molar-refractivity contribution in [2.75, 3.05) is 85.4 Å². The van der Waals surface area contributed by atoms with Gasteiger partial charge in [-0.25, -0.2) is 0 Å². The summed E-state index contributed by atoms with van der Waals surface area (Å²) >= 11 is 0. The Morgan fingerprint density at radius 1 is 1.24 bits per heavy atom. The molecule has 1 N–H and O–H groups in total. The largest absolute Gasteiger partial charge is 0.389 e. The summed E-state index contributed by atoms with van der Waals surface area (Å²) in [7, 11) is 0. The van der Waals surface area contributed by atoms with Crippen molar-refractivity contribution >= 4 is 5.91 Å². The average molecular weight is 462 g/mol. The minimum absolute atomic E-state index is 0.0295. The quantitative estimate of drug-likeness (QED) is 0.368. The zero-order valence-electron chi connectivity index (χ0n) is 19.9. The fraction of sp³-hybridized carbons (Fsp3) is 0.640. The standard InChI is InChI=1S/C25H39N3O5/c1-3-13-32-20-23(29)17-27-12-16-33-24(18-27)19-28(9-8-26-10-14-31-15-11-26)25(30)22-6-4-21(2)5-7-22/h3-7,23-24,29H,1,8-20H2,2H3. The van der Waals surface area contributed by atoms with Crippen LogP contribution in [0.25, 0.3) is 0 Å². The molecule has 2 saturated heterocycles. The number of carbonyl (C=O) groups excluding carboxylic acids is 1. The zero-order valence-corrected chi connectivity index (χ0v) is 19.9. The predicted molar refractivity (Wildman–Crippen MR) is 128 cm³/mol. The number of nitrogens with zero attached hydrogens (tertiary/aromatic N) is 3. The van der Waals surface area contributed by atoms with Gasteiger partial charge in [-0.1, -0.05) is 23.8 Å². The number of benzene rings is 1. The molecule has 33 heavy (non-hydrogen) atoms. The number of hydrogen-bond acceptors (Lipinski definition) is 7. The summed E-state index contributed by atoms with van der Waals surface area (Å²) < 4.78 is 16.8. The van der Waals surface area contributed by atoms with Crippen LogP contribution in [-0.4, -0.2) is 123 Å². The summed E-state index contributed by atoms with van der Waals surface area (Å²) in [5.74, 6) is 0.0295. The molecule has 0 spiro atoms. The van der Waals surface area contributed by atoms with Crippen LogP contribution < -0.4 is 0 Å². The third kappa shape index (κ3) is 8.81. The maximum atomic E-state index is 13.4. The summed E-state index contributed by atoms with van der Waals surface area (Å²) in [6.07, 6.45) is 1.02. The molecule has 8 nitrogen and oxygen atoms in total. The molecule has 8 heteroatoms. The Morgan fingerprint density at radius 2 is 1.97 bits per heavy atom. The summed E-state index contributed by atoms with van der Waals surface area (Å²) in [6, 6.07) is 7.74. The third-order valence-corrected chi connectivity index (χ3v) is 6.04. The minimum atomic E-state index is -0.560. The monoisotopic (exact) mass is 461 g/mol. The second-order valence-electron chi connectivity index (χ2n) is 8.80. The number of carbonyl (C=O) groups is 1. The van der Waals surface area contributed by atoms with Crippen molar-refractivity contribution in [3.05, 3.63) is 48.0 Å². The lowest BCUT2D eigenvalue weighted by molar-refractivity contribution is -0.0583. The van der Waals surface area contributed by atoms with Crippen LogP contribution in [0, 0.1) is 6.92 Å². The Labute approximate surface area is 197 Å². The van der Waals surface area contributed by atoms with E-state index in [9.17, 15) is 9.90 Å². The molecule has 2 aliphatic rings. The SMILES string of the molecule is C=CCOCC(O)CN1CCOC(CN(CCN2CCOCC2)C(=O)c2ccc(C)cc2)C1. The van der Waals surface area contributed by atoms with E-state index in [1.54, 1.807) is 6.08 Å². The van der Waals surface area contributed by atoms with Gasteiger partial charge in [0.15, 0.2) is 0 Å². The molecule has 2 aliphatic heterocycles. The van der Waals surface area contributed by atoms with Gasteiger partial charge in [0.1, 0.15) is 0 Å². The maximum Gasteiger partial charge on any atom is 0.253 e. The van der Waals surface area contributed by atoms with E-state index in [4.69, 9.17) is 14.2 Å². The number of aliphatic hydroxyl groups is 1. The predicted octanol–water partition coefficient (Wildman–Crippen LogP) is 1.03. The first-order chi connectivity index (χ1) is 16.0. The molecule has 3 rings (SSSR count). The van der Waals surface area contributed by atoms with Gasteiger partial charge < -0.3 is 24.2 Å². The molecule has 2 fully saturated rings. The highest BCUT2D eigenvalue weighted by Gasteiger charge is 2.27. The summed E-state index contributed by atoms with van der Waals surface area (Å²) in [5.41, 5.74) is 1.83. The Kier molecular flexibility index (Phi) is 10.8. The van der Waals surface area contributed by atoms with Gasteiger partial charge in [0.25, 0.3) is 5.91 Å². The Bertz CT molecular complexity index is 723. The van der Waals surface area contributed by atoms with Crippen LogP contribution in [0.3, 0.4) is 0 Å². The number of morpholine rings is 2. The van der Waals surface area contributed by atoms with Crippen molar-refractivity contribution in [3.8, 4) is 0 Å². The van der Waals surface area contributed by atoms with Crippen LogP contribution in [0.5, 0.6) is 0 Å². The molecular formula is C25H39N3O5. The first kappa shape index (κ1) is 25.8. The van der Waals surface area contributed by atoms with E-state index >= 15 is 0 Å². The number of amides is 1. The van der Waals surface area contributed by atoms with Crippen LogP contribution in [0.4, 0.5) is 0 Å². The van der Waals surface area contributed by atoms with Crippen LogP contribution in [0.15, 0.2) is 36.9 Å². The molecule has 1 aromatic rings. The molecule has 1 amide bonds. The molecule has 1 aromatic carbocycles. The lowest BCUT2D eigenvalue weighted by atomic mass is 10.1. The summed E-state index contributed by atoms with van der Waals surface area (Å²) in [4.78, 5) is 19.8. The smallest absolute Gasteiger partial charge is 0.253 e. The molecule has 0 saturated carbocycles. The molecule has 2 unspecified atom stereocenters. The van der Waals surface area contributed by atoms with Crippen molar-refractivity contribution in [1.29, 1.82) is 0 Å². The van der Waals surface area contributed by atoms with Gasteiger partial charge in [0.2, 0.25) is 0 Å². The van der Waals surface area contributed by atoms with Crippen LogP contribution in [0.1, 0.15) is 15.9 Å². The normalized spacial score (nSPS) is 21.0. The first-order valence-corrected chi connectivity index (χ1v) is 11.9. The van der Waals surface area contributed by atoms with Crippen molar-refractivity contribution in [2.45, 2.75) is 19.1 Å². The van der Waals surface area contributed by atoms with Gasteiger partial charge in [-0.05, 0) is 19.1 Å². The van der Waals surface area contributed by atoms with E-state index in [-0.39, 0.29) is 18.6 Å². The Balaban J connectivity index is 1.58. The Hall–Kier alpha value is -1.81. The van der Waals surface area contributed by atoms with Crippen LogP contribution in [-0.2, 0) is 14.2 Å². The highest BCUT2D eigenvalue weighted by atomic mass is 16.5. The molecule has 0 bridgehead atoms. The third-order valence-electron chi connectivity index (χ3n) is 6.04. The summed E-state index contributed by atoms with van der Waals surface area (Å²) in [6.45, 7) is 14.2. The fourth-order valence-electron chi connectivity index (χ4n) is 4.18. The Morgan fingerprint density at radius 3 is 2.70 bits per heavy atom. The second kappa shape index (κ2) is 13.8. The minimum Gasteiger partial charge on any atom is -0.389 e. The van der Waals surface area contributed by atoms with Crippen molar-refractivity contribution < 1.29 is 24.1 Å². The molecule has 2 heterocycles. The van der Waals surface area contributed by atoms with Crippen molar-refractivity contribution in [1.82, 2.24) is 14.7 Å². The highest BCUT2D eigenvalue weighted by Crippen LogP contribution is 2.13. The van der Waals surface area contributed by atoms with Gasteiger partial charge in [0, 0.05) is 57.9 Å². The topological polar surface area (TPSA) is 74.7 Å². The lowest BCUT2D eigenvalue weighted by Crippen LogP contribution is -2.52. The maximum absolute atomic E-state index is 13.4. The number of ether oxygens (including phenoxy) is 3. The number of hydrogen-bond donors (Lipinski definition) is 1. The van der Waals surface area contributed by atoms with Gasteiger partial charge in [-0.2, -0.15) is 0 Å². The molecule has 0 aliphatic carbocycles. The van der Waals surface area contributed by atoms with Gasteiger partial charge >= 0.3 is 0 Å². The van der Waals surface area contributed by atoms with Crippen molar-refractivity contribution in [2.24, 2.45) is 0 Å². The van der Waals surface area contributed by atoms with Crippen LogP contribution in [0.2, 0.25) is 0 Å². The highest BCUT2D eigenvalue weighted by molar-refractivity contribution is 5.94. The zero-order chi connectivity index (χ0) is 23.5. The number of aryl methyl sites for hydroxylation is 1. The average Bonchev–Trinajstić information content (AvgIpc) is 2.83. The van der Waals surface area contributed by atoms with Crippen LogP contribution >= 0.6 is 0 Å². The summed E-state index contributed by atoms with van der Waals surface area (Å²) in [5, 5.41) is 10.3. The number of β-amino-alcohol motifs (C(OH)–C–C–N with tert-alkyl or cyclic N) is 1. The lowest BCUT2D eigenvalue weighted by Gasteiger charge is -2.37. The van der Waals surface area contributed by atoms with Crippen molar-refractivity contribution in [3.63, 3.8) is 0 Å². The van der Waals surface area contributed by atoms with E-state index in [1.165, 1.54) is 0 Å². The van der Waals surface area contributed by atoms with E-state index in [2.05, 4.69) is 16.4 Å². The number of rotatable bonds is 12. The van der Waals surface area contributed by atoms with Gasteiger partial charge in [0.05, 0.1) is 45.2 Å². The second-order valence-corrected chi connectivity index (χ2v) is 8.80. The molecule has 0 radical (unpaired) electrons. The van der Waals surface area contributed by atoms with Gasteiger partial charge in [-0.15, -0.1) is 6.58 Å². The first-order valence-electron chi connectivity index (χ1n) is 11.9. The molecule has 2 atom stereocenters. The van der Waals surface area contributed by atoms with E-state index in [1.807, 2.05) is 36.1 Å².